The number of nitrogens with zero attached hydrogens (tertiary/aromatic N) is 1. The number of rotatable bonds is 8. The smallest absolute Gasteiger partial charge is 0.317 e. The lowest BCUT2D eigenvalue weighted by molar-refractivity contribution is -0.143. The molecule has 4 N–H and O–H groups in total. The number of benzene rings is 3. The van der Waals surface area contributed by atoms with Crippen LogP contribution in [0.5, 0.6) is 5.75 Å². The van der Waals surface area contributed by atoms with Gasteiger partial charge in [0.1, 0.15) is 17.7 Å². The van der Waals surface area contributed by atoms with E-state index in [9.17, 15) is 14.0 Å². The Hall–Kier alpha value is -3.79. The van der Waals surface area contributed by atoms with Crippen LogP contribution in [-0.2, 0) is 20.9 Å². The van der Waals surface area contributed by atoms with E-state index in [1.165, 1.54) is 13.2 Å². The summed E-state index contributed by atoms with van der Waals surface area (Å²) in [5.41, 5.74) is 11.9. The van der Waals surface area contributed by atoms with Gasteiger partial charge in [-0.15, -0.1) is 0 Å². The van der Waals surface area contributed by atoms with Gasteiger partial charge in [0.2, 0.25) is 0 Å². The molecule has 1 fully saturated rings. The van der Waals surface area contributed by atoms with Crippen LogP contribution >= 0.6 is 0 Å². The zero-order chi connectivity index (χ0) is 27.4. The lowest BCUT2D eigenvalue weighted by atomic mass is 9.90. The minimum absolute atomic E-state index is 0.0372. The average molecular weight is 522 g/mol. The molecular weight excluding hydrogens is 489 g/mol. The molecule has 200 valence electrons. The standard InChI is InChI=1S/C29H32FN3O5/c1-17-20(19-12-24(30)23(14-31)26(13-19)37-3)6-4-7-21(17)22-8-5-9-25(18(22)2)32-29(36)27-15-33(10-11-38-27)16-28(34)35/h4-9,12-13,27H,10-11,14-16,31H2,1-3H3,(H,32,36)(H,34,35). The largest absolute Gasteiger partial charge is 0.496 e. The SMILES string of the molecule is COc1cc(-c2cccc(-c3cccc(NC(=O)C4CN(CC(=O)O)CCO4)c3C)c2C)cc(F)c1CN. The summed E-state index contributed by atoms with van der Waals surface area (Å²) in [7, 11) is 1.49. The van der Waals surface area contributed by atoms with Crippen molar-refractivity contribution in [3.63, 3.8) is 0 Å². The van der Waals surface area contributed by atoms with Crippen molar-refractivity contribution in [1.29, 1.82) is 0 Å². The van der Waals surface area contributed by atoms with Crippen molar-refractivity contribution in [2.45, 2.75) is 26.5 Å². The molecule has 1 aliphatic heterocycles. The van der Waals surface area contributed by atoms with Crippen LogP contribution in [0, 0.1) is 19.7 Å². The second kappa shape index (κ2) is 11.7. The maximum atomic E-state index is 14.8. The number of methoxy groups -OCH3 is 1. The van der Waals surface area contributed by atoms with Crippen LogP contribution < -0.4 is 15.8 Å². The Balaban J connectivity index is 1.63. The van der Waals surface area contributed by atoms with Crippen LogP contribution in [-0.4, -0.2) is 61.3 Å². The van der Waals surface area contributed by atoms with Crippen molar-refractivity contribution in [3.8, 4) is 28.0 Å². The third-order valence-electron chi connectivity index (χ3n) is 6.91. The normalized spacial score (nSPS) is 15.8. The van der Waals surface area contributed by atoms with Gasteiger partial charge in [-0.25, -0.2) is 4.39 Å². The predicted molar refractivity (Wildman–Crippen MR) is 144 cm³/mol. The highest BCUT2D eigenvalue weighted by Gasteiger charge is 2.28. The summed E-state index contributed by atoms with van der Waals surface area (Å²) < 4.78 is 25.8. The first-order valence-corrected chi connectivity index (χ1v) is 12.4. The molecule has 8 nitrogen and oxygen atoms in total. The summed E-state index contributed by atoms with van der Waals surface area (Å²) in [5.74, 6) is -1.28. The van der Waals surface area contributed by atoms with E-state index in [0.717, 1.165) is 27.8 Å². The van der Waals surface area contributed by atoms with Gasteiger partial charge in [0.25, 0.3) is 5.91 Å². The van der Waals surface area contributed by atoms with Crippen molar-refractivity contribution in [3.05, 3.63) is 71.0 Å². The fourth-order valence-electron chi connectivity index (χ4n) is 4.86. The third kappa shape index (κ3) is 5.70. The van der Waals surface area contributed by atoms with E-state index in [0.29, 0.717) is 29.1 Å². The first-order chi connectivity index (χ1) is 18.2. The number of carboxylic acids is 1. The van der Waals surface area contributed by atoms with Crippen LogP contribution in [0.1, 0.15) is 16.7 Å². The Morgan fingerprint density at radius 1 is 1.13 bits per heavy atom. The molecule has 0 spiro atoms. The molecule has 0 saturated carbocycles. The molecule has 1 saturated heterocycles. The van der Waals surface area contributed by atoms with Crippen LogP contribution in [0.15, 0.2) is 48.5 Å². The maximum absolute atomic E-state index is 14.8. The summed E-state index contributed by atoms with van der Waals surface area (Å²) >= 11 is 0. The number of aliphatic carboxylic acids is 1. The Bertz CT molecular complexity index is 1360. The molecule has 0 aromatic heterocycles. The van der Waals surface area contributed by atoms with E-state index in [-0.39, 0.29) is 32.1 Å². The van der Waals surface area contributed by atoms with Crippen molar-refractivity contribution >= 4 is 17.6 Å². The van der Waals surface area contributed by atoms with E-state index in [4.69, 9.17) is 20.3 Å². The summed E-state index contributed by atoms with van der Waals surface area (Å²) in [6, 6.07) is 14.7. The molecular formula is C29H32FN3O5. The Kier molecular flexibility index (Phi) is 8.41. The highest BCUT2D eigenvalue weighted by Crippen LogP contribution is 2.37. The molecule has 0 aliphatic carbocycles. The second-order valence-electron chi connectivity index (χ2n) is 9.28. The van der Waals surface area contributed by atoms with Gasteiger partial charge in [-0.3, -0.25) is 14.5 Å². The summed E-state index contributed by atoms with van der Waals surface area (Å²) in [4.78, 5) is 25.7. The van der Waals surface area contributed by atoms with Crippen molar-refractivity contribution in [2.24, 2.45) is 5.73 Å². The number of halogens is 1. The number of nitrogens with one attached hydrogen (secondary N) is 1. The van der Waals surface area contributed by atoms with Crippen LogP contribution in [0.25, 0.3) is 22.3 Å². The van der Waals surface area contributed by atoms with Gasteiger partial charge >= 0.3 is 5.97 Å². The topological polar surface area (TPSA) is 114 Å². The molecule has 4 rings (SSSR count). The zero-order valence-electron chi connectivity index (χ0n) is 21.7. The number of ether oxygens (including phenoxy) is 2. The molecule has 3 aromatic rings. The molecule has 0 bridgehead atoms. The van der Waals surface area contributed by atoms with Gasteiger partial charge < -0.3 is 25.6 Å². The number of amides is 1. The van der Waals surface area contributed by atoms with Crippen LogP contribution in [0.2, 0.25) is 0 Å². The van der Waals surface area contributed by atoms with Gasteiger partial charge in [-0.1, -0.05) is 30.3 Å². The van der Waals surface area contributed by atoms with E-state index in [1.54, 1.807) is 11.0 Å². The van der Waals surface area contributed by atoms with Crippen LogP contribution in [0.4, 0.5) is 10.1 Å². The molecule has 1 atom stereocenters. The van der Waals surface area contributed by atoms with Crippen molar-refractivity contribution < 1.29 is 28.6 Å². The summed E-state index contributed by atoms with van der Waals surface area (Å²) in [5, 5.41) is 12.0. The second-order valence-corrected chi connectivity index (χ2v) is 9.28. The predicted octanol–water partition coefficient (Wildman–Crippen LogP) is 3.97. The number of hydrogen-bond donors (Lipinski definition) is 3. The zero-order valence-corrected chi connectivity index (χ0v) is 21.7. The Morgan fingerprint density at radius 3 is 2.50 bits per heavy atom. The third-order valence-corrected chi connectivity index (χ3v) is 6.91. The highest BCUT2D eigenvalue weighted by molar-refractivity contribution is 5.96. The number of nitrogens with two attached hydrogens (primary N) is 1. The minimum Gasteiger partial charge on any atom is -0.496 e. The number of hydrogen-bond acceptors (Lipinski definition) is 6. The molecule has 0 radical (unpaired) electrons. The summed E-state index contributed by atoms with van der Waals surface area (Å²) in [6.45, 7) is 4.76. The fourth-order valence-corrected chi connectivity index (χ4v) is 4.86. The van der Waals surface area contributed by atoms with Gasteiger partial charge in [0.15, 0.2) is 0 Å². The van der Waals surface area contributed by atoms with Gasteiger partial charge in [0.05, 0.1) is 20.3 Å². The number of morpholine rings is 1. The highest BCUT2D eigenvalue weighted by atomic mass is 19.1. The first-order valence-electron chi connectivity index (χ1n) is 12.4. The Labute approximate surface area is 221 Å². The van der Waals surface area contributed by atoms with Crippen molar-refractivity contribution in [2.75, 3.05) is 38.7 Å². The number of carboxylic acid groups (broad SMARTS) is 1. The average Bonchev–Trinajstić information content (AvgIpc) is 2.89. The lowest BCUT2D eigenvalue weighted by Gasteiger charge is -2.31. The minimum atomic E-state index is -0.941. The lowest BCUT2D eigenvalue weighted by Crippen LogP contribution is -2.49. The molecule has 3 aromatic carbocycles. The monoisotopic (exact) mass is 521 g/mol. The van der Waals surface area contributed by atoms with E-state index < -0.39 is 17.9 Å². The maximum Gasteiger partial charge on any atom is 0.317 e. The number of carbonyl (C=O) groups is 2. The summed E-state index contributed by atoms with van der Waals surface area (Å²) in [6.07, 6.45) is -0.766. The fraction of sp³-hybridized carbons (Fsp3) is 0.310. The van der Waals surface area contributed by atoms with Gasteiger partial charge in [0, 0.05) is 30.9 Å². The van der Waals surface area contributed by atoms with Gasteiger partial charge in [-0.05, 0) is 65.4 Å². The van der Waals surface area contributed by atoms with E-state index in [1.807, 2.05) is 50.2 Å². The molecule has 9 heteroatoms. The van der Waals surface area contributed by atoms with Gasteiger partial charge in [-0.2, -0.15) is 0 Å². The number of anilines is 1. The molecule has 1 unspecified atom stereocenters. The number of carbonyl (C=O) groups excluding carboxylic acids is 1. The van der Waals surface area contributed by atoms with E-state index in [2.05, 4.69) is 5.32 Å². The Morgan fingerprint density at radius 2 is 1.82 bits per heavy atom. The van der Waals surface area contributed by atoms with Crippen LogP contribution in [0.3, 0.4) is 0 Å². The molecule has 1 amide bonds. The van der Waals surface area contributed by atoms with Crippen molar-refractivity contribution in [1.82, 2.24) is 4.90 Å². The first kappa shape index (κ1) is 27.3. The molecule has 1 aliphatic rings. The van der Waals surface area contributed by atoms with E-state index >= 15 is 0 Å². The molecule has 1 heterocycles. The molecule has 38 heavy (non-hydrogen) atoms. The quantitative estimate of drug-likeness (QED) is 0.411.